The average Bonchev–Trinajstić information content (AvgIpc) is 2.26. The van der Waals surface area contributed by atoms with Gasteiger partial charge in [-0.1, -0.05) is 34.6 Å². The van der Waals surface area contributed by atoms with Crippen molar-refractivity contribution in [3.8, 4) is 0 Å². The number of halogens is 1. The van der Waals surface area contributed by atoms with E-state index in [-0.39, 0.29) is 30.3 Å². The van der Waals surface area contributed by atoms with Gasteiger partial charge >= 0.3 is 0 Å². The number of amides is 1. The van der Waals surface area contributed by atoms with Crippen LogP contribution < -0.4 is 5.73 Å². The van der Waals surface area contributed by atoms with Gasteiger partial charge in [0.05, 0.1) is 6.04 Å². The van der Waals surface area contributed by atoms with E-state index in [1.54, 1.807) is 0 Å². The first-order chi connectivity index (χ1) is 7.73. The second-order valence-electron chi connectivity index (χ2n) is 6.74. The first kappa shape index (κ1) is 17.7. The van der Waals surface area contributed by atoms with E-state index in [1.165, 1.54) is 0 Å². The Hall–Kier alpha value is -0.280. The molecule has 108 valence electrons. The number of rotatable bonds is 2. The molecule has 3 nitrogen and oxygen atoms in total. The summed E-state index contributed by atoms with van der Waals surface area (Å²) in [4.78, 5) is 14.0. The highest BCUT2D eigenvalue weighted by Crippen LogP contribution is 2.34. The fourth-order valence-corrected chi connectivity index (χ4v) is 2.46. The number of nitrogens with two attached hydrogens (primary N) is 1. The Labute approximate surface area is 118 Å². The van der Waals surface area contributed by atoms with E-state index in [4.69, 9.17) is 5.73 Å². The lowest BCUT2D eigenvalue weighted by Gasteiger charge is -2.39. The highest BCUT2D eigenvalue weighted by atomic mass is 35.5. The monoisotopic (exact) mass is 276 g/mol. The predicted octanol–water partition coefficient (Wildman–Crippen LogP) is 2.68. The van der Waals surface area contributed by atoms with E-state index in [1.807, 2.05) is 18.7 Å². The Morgan fingerprint density at radius 3 is 2.00 bits per heavy atom. The maximum atomic E-state index is 12.1. The van der Waals surface area contributed by atoms with Crippen molar-refractivity contribution >= 4 is 18.3 Å². The zero-order valence-electron chi connectivity index (χ0n) is 12.4. The van der Waals surface area contributed by atoms with Gasteiger partial charge in [0.1, 0.15) is 0 Å². The average molecular weight is 277 g/mol. The molecule has 0 radical (unpaired) electrons. The van der Waals surface area contributed by atoms with Gasteiger partial charge in [-0.05, 0) is 30.1 Å². The minimum absolute atomic E-state index is 0. The van der Waals surface area contributed by atoms with Crippen LogP contribution in [0.15, 0.2) is 0 Å². The summed E-state index contributed by atoms with van der Waals surface area (Å²) in [7, 11) is 0. The largest absolute Gasteiger partial charge is 0.341 e. The molecule has 0 aromatic carbocycles. The van der Waals surface area contributed by atoms with E-state index < -0.39 is 0 Å². The smallest absolute Gasteiger partial charge is 0.239 e. The molecule has 1 aliphatic heterocycles. The molecule has 4 heteroatoms. The van der Waals surface area contributed by atoms with Crippen LogP contribution in [0.3, 0.4) is 0 Å². The molecule has 1 amide bonds. The van der Waals surface area contributed by atoms with Gasteiger partial charge in [-0.2, -0.15) is 0 Å². The van der Waals surface area contributed by atoms with Crippen molar-refractivity contribution in [1.29, 1.82) is 0 Å². The molecule has 0 unspecified atom stereocenters. The first-order valence-electron chi connectivity index (χ1n) is 6.78. The number of nitrogens with zero attached hydrogens (tertiary/aromatic N) is 1. The lowest BCUT2D eigenvalue weighted by atomic mass is 9.75. The summed E-state index contributed by atoms with van der Waals surface area (Å²) in [6, 6.07) is -0.332. The van der Waals surface area contributed by atoms with E-state index in [0.29, 0.717) is 5.41 Å². The van der Waals surface area contributed by atoms with E-state index in [2.05, 4.69) is 20.8 Å². The van der Waals surface area contributed by atoms with Crippen LogP contribution >= 0.6 is 12.4 Å². The summed E-state index contributed by atoms with van der Waals surface area (Å²) in [5.74, 6) is 1.08. The second kappa shape index (κ2) is 6.76. The molecule has 0 aliphatic carbocycles. The molecular formula is C14H29ClN2O. The third kappa shape index (κ3) is 4.43. The molecular weight excluding hydrogens is 248 g/mol. The molecule has 0 spiro atoms. The van der Waals surface area contributed by atoms with Crippen LogP contribution in [-0.2, 0) is 4.79 Å². The summed E-state index contributed by atoms with van der Waals surface area (Å²) < 4.78 is 0. The molecule has 0 saturated carbocycles. The van der Waals surface area contributed by atoms with E-state index >= 15 is 0 Å². The summed E-state index contributed by atoms with van der Waals surface area (Å²) in [5.41, 5.74) is 6.28. The van der Waals surface area contributed by atoms with Crippen molar-refractivity contribution in [1.82, 2.24) is 4.90 Å². The van der Waals surface area contributed by atoms with Gasteiger partial charge in [-0.15, -0.1) is 12.4 Å². The Balaban J connectivity index is 0.00000289. The third-order valence-corrected chi connectivity index (χ3v) is 4.03. The van der Waals surface area contributed by atoms with E-state index in [0.717, 1.165) is 31.8 Å². The van der Waals surface area contributed by atoms with Crippen molar-refractivity contribution in [2.75, 3.05) is 13.1 Å². The maximum absolute atomic E-state index is 12.1. The molecule has 0 aromatic heterocycles. The van der Waals surface area contributed by atoms with Crippen LogP contribution in [0.25, 0.3) is 0 Å². The minimum atomic E-state index is -0.332. The van der Waals surface area contributed by atoms with Gasteiger partial charge < -0.3 is 10.6 Å². The Kier molecular flexibility index (Phi) is 6.66. The number of carbonyl (C=O) groups is 1. The summed E-state index contributed by atoms with van der Waals surface area (Å²) in [6.45, 7) is 12.6. The molecule has 0 bridgehead atoms. The number of likely N-dealkylation sites (tertiary alicyclic amines) is 1. The Morgan fingerprint density at radius 1 is 1.22 bits per heavy atom. The highest BCUT2D eigenvalue weighted by Gasteiger charge is 2.32. The standard InChI is InChI=1S/C14H28N2O.ClH/c1-10(2)12(15)13(17)16-8-6-11(7-9-16)14(3,4)5;/h10-12H,6-9,15H2,1-5H3;1H/t12-;/m1./s1. The van der Waals surface area contributed by atoms with Gasteiger partial charge in [0, 0.05) is 13.1 Å². The Bertz CT molecular complexity index is 265. The normalized spacial score (nSPS) is 19.6. The van der Waals surface area contributed by atoms with Crippen LogP contribution in [-0.4, -0.2) is 29.9 Å². The third-order valence-electron chi connectivity index (χ3n) is 4.03. The van der Waals surface area contributed by atoms with Crippen LogP contribution in [0.1, 0.15) is 47.5 Å². The fourth-order valence-electron chi connectivity index (χ4n) is 2.46. The first-order valence-corrected chi connectivity index (χ1v) is 6.78. The molecule has 2 N–H and O–H groups in total. The van der Waals surface area contributed by atoms with E-state index in [9.17, 15) is 4.79 Å². The molecule has 18 heavy (non-hydrogen) atoms. The fraction of sp³-hybridized carbons (Fsp3) is 0.929. The molecule has 1 fully saturated rings. The van der Waals surface area contributed by atoms with Crippen LogP contribution in [0.5, 0.6) is 0 Å². The predicted molar refractivity (Wildman–Crippen MR) is 78.8 cm³/mol. The van der Waals surface area contributed by atoms with Crippen molar-refractivity contribution in [2.24, 2.45) is 23.0 Å². The summed E-state index contributed by atoms with van der Waals surface area (Å²) in [6.07, 6.45) is 2.22. The van der Waals surface area contributed by atoms with Gasteiger partial charge in [0.2, 0.25) is 5.91 Å². The highest BCUT2D eigenvalue weighted by molar-refractivity contribution is 5.85. The number of carbonyl (C=O) groups excluding carboxylic acids is 1. The maximum Gasteiger partial charge on any atom is 0.239 e. The van der Waals surface area contributed by atoms with Crippen molar-refractivity contribution in [2.45, 2.75) is 53.5 Å². The molecule has 1 atom stereocenters. The van der Waals surface area contributed by atoms with Crippen LogP contribution in [0.2, 0.25) is 0 Å². The van der Waals surface area contributed by atoms with Crippen molar-refractivity contribution in [3.05, 3.63) is 0 Å². The summed E-state index contributed by atoms with van der Waals surface area (Å²) >= 11 is 0. The van der Waals surface area contributed by atoms with Crippen LogP contribution in [0, 0.1) is 17.3 Å². The lowest BCUT2D eigenvalue weighted by molar-refractivity contribution is -0.135. The van der Waals surface area contributed by atoms with Crippen LogP contribution in [0.4, 0.5) is 0 Å². The van der Waals surface area contributed by atoms with Gasteiger partial charge in [0.15, 0.2) is 0 Å². The molecule has 1 aliphatic rings. The number of hydrogen-bond acceptors (Lipinski definition) is 2. The van der Waals surface area contributed by atoms with Crippen molar-refractivity contribution in [3.63, 3.8) is 0 Å². The Morgan fingerprint density at radius 2 is 1.67 bits per heavy atom. The SMILES string of the molecule is CC(C)[C@@H](N)C(=O)N1CCC(C(C)(C)C)CC1.Cl. The van der Waals surface area contributed by atoms with Gasteiger partial charge in [-0.25, -0.2) is 0 Å². The van der Waals surface area contributed by atoms with Crippen molar-refractivity contribution < 1.29 is 4.79 Å². The van der Waals surface area contributed by atoms with Gasteiger partial charge in [0.25, 0.3) is 0 Å². The second-order valence-corrected chi connectivity index (χ2v) is 6.74. The lowest BCUT2D eigenvalue weighted by Crippen LogP contribution is -2.50. The number of hydrogen-bond donors (Lipinski definition) is 1. The van der Waals surface area contributed by atoms with Gasteiger partial charge in [-0.3, -0.25) is 4.79 Å². The zero-order chi connectivity index (χ0) is 13.2. The summed E-state index contributed by atoms with van der Waals surface area (Å²) in [5, 5.41) is 0. The zero-order valence-corrected chi connectivity index (χ0v) is 13.2. The molecule has 1 rings (SSSR count). The molecule has 0 aromatic rings. The number of piperidine rings is 1. The quantitative estimate of drug-likeness (QED) is 0.843. The molecule has 1 saturated heterocycles. The molecule has 1 heterocycles. The minimum Gasteiger partial charge on any atom is -0.341 e. The topological polar surface area (TPSA) is 46.3 Å².